The van der Waals surface area contributed by atoms with Crippen LogP contribution in [0.25, 0.3) is 6.08 Å². The van der Waals surface area contributed by atoms with E-state index in [0.29, 0.717) is 23.6 Å². The van der Waals surface area contributed by atoms with Crippen LogP contribution in [-0.2, 0) is 0 Å². The third-order valence-corrected chi connectivity index (χ3v) is 4.58. The molecule has 2 N–H and O–H groups in total. The molecule has 5 heteroatoms. The summed E-state index contributed by atoms with van der Waals surface area (Å²) in [6.07, 6.45) is 4.50. The number of hydrogen-bond donors (Lipinski definition) is 2. The van der Waals surface area contributed by atoms with Crippen molar-refractivity contribution in [3.63, 3.8) is 0 Å². The average Bonchev–Trinajstić information content (AvgIpc) is 2.85. The maximum atomic E-state index is 12.4. The van der Waals surface area contributed by atoms with Gasteiger partial charge in [0.25, 0.3) is 0 Å². The Labute approximate surface area is 162 Å². The van der Waals surface area contributed by atoms with Crippen molar-refractivity contribution in [2.24, 2.45) is 4.99 Å². The molecule has 1 aromatic heterocycles. The van der Waals surface area contributed by atoms with Gasteiger partial charge in [0.2, 0.25) is 0 Å². The molecule has 3 aromatic rings. The normalized spacial score (nSPS) is 16.2. The first-order valence-corrected chi connectivity index (χ1v) is 9.10. The lowest BCUT2D eigenvalue weighted by molar-refractivity contribution is 0.432. The smallest absolute Gasteiger partial charge is 0.348 e. The number of fused-ring (bicyclic) bond motifs is 1. The molecule has 2 aromatic carbocycles. The molecule has 140 valence electrons. The molecule has 0 bridgehead atoms. The third kappa shape index (κ3) is 3.74. The van der Waals surface area contributed by atoms with Gasteiger partial charge in [-0.25, -0.2) is 4.79 Å². The Bertz CT molecular complexity index is 1110. The van der Waals surface area contributed by atoms with Gasteiger partial charge in [-0.05, 0) is 24.6 Å². The molecule has 2 heterocycles. The quantitative estimate of drug-likeness (QED) is 0.700. The van der Waals surface area contributed by atoms with Crippen LogP contribution < -0.4 is 10.9 Å². The number of hydrogen-bond acceptors (Lipinski definition) is 5. The number of nitrogens with zero attached hydrogens (tertiary/aromatic N) is 1. The fraction of sp³-hybridized carbons (Fsp3) is 0.130. The molecule has 0 unspecified atom stereocenters. The molecule has 0 amide bonds. The first-order chi connectivity index (χ1) is 13.6. The first-order valence-electron chi connectivity index (χ1n) is 9.10. The molecule has 28 heavy (non-hydrogen) atoms. The largest absolute Gasteiger partial charge is 0.507 e. The van der Waals surface area contributed by atoms with Gasteiger partial charge in [0.1, 0.15) is 17.1 Å². The standard InChI is InChI=1S/C23H20N2O3/c1-15-13-21(26)22(23(27)28-15)20-14-17(12-11-16-7-3-2-4-8-16)24-18-9-5-6-10-19(18)25-20/h2-13,17,24,26H,14H2,1H3/b12-11+/t17-/m0/s1. The lowest BCUT2D eigenvalue weighted by Crippen LogP contribution is -2.23. The number of rotatable bonds is 3. The zero-order chi connectivity index (χ0) is 19.5. The van der Waals surface area contributed by atoms with Gasteiger partial charge < -0.3 is 14.8 Å². The van der Waals surface area contributed by atoms with Gasteiger partial charge in [-0.3, -0.25) is 4.99 Å². The van der Waals surface area contributed by atoms with E-state index in [1.165, 1.54) is 6.07 Å². The van der Waals surface area contributed by atoms with Crippen LogP contribution in [-0.4, -0.2) is 16.9 Å². The fourth-order valence-corrected chi connectivity index (χ4v) is 3.27. The minimum absolute atomic E-state index is 0.109. The topological polar surface area (TPSA) is 74.8 Å². The second-order valence-corrected chi connectivity index (χ2v) is 6.71. The van der Waals surface area contributed by atoms with Gasteiger partial charge in [0.15, 0.2) is 0 Å². The van der Waals surface area contributed by atoms with E-state index in [-0.39, 0.29) is 17.4 Å². The summed E-state index contributed by atoms with van der Waals surface area (Å²) < 4.78 is 5.20. The Morgan fingerprint density at radius 2 is 1.89 bits per heavy atom. The van der Waals surface area contributed by atoms with Gasteiger partial charge in [-0.15, -0.1) is 0 Å². The summed E-state index contributed by atoms with van der Waals surface area (Å²) in [6, 6.07) is 19.0. The van der Waals surface area contributed by atoms with Crippen molar-refractivity contribution in [2.45, 2.75) is 19.4 Å². The summed E-state index contributed by atoms with van der Waals surface area (Å²) in [5, 5.41) is 13.8. The SMILES string of the molecule is Cc1cc(O)c(C2=Nc3ccccc3N[C@@H](/C=C/c3ccccc3)C2)c(=O)o1. The van der Waals surface area contributed by atoms with E-state index in [2.05, 4.69) is 10.3 Å². The van der Waals surface area contributed by atoms with Gasteiger partial charge in [-0.1, -0.05) is 54.6 Å². The van der Waals surface area contributed by atoms with Gasteiger partial charge in [0.05, 0.1) is 23.1 Å². The molecular formula is C23H20N2O3. The molecule has 1 aliphatic heterocycles. The fourth-order valence-electron chi connectivity index (χ4n) is 3.27. The Balaban J connectivity index is 1.77. The molecule has 1 aliphatic rings. The van der Waals surface area contributed by atoms with Crippen LogP contribution in [0.3, 0.4) is 0 Å². The highest BCUT2D eigenvalue weighted by Gasteiger charge is 2.23. The molecule has 0 saturated heterocycles. The van der Waals surface area contributed by atoms with Gasteiger partial charge >= 0.3 is 5.63 Å². The number of aromatic hydroxyl groups is 1. The molecule has 0 aliphatic carbocycles. The van der Waals surface area contributed by atoms with Crippen LogP contribution in [0.5, 0.6) is 5.75 Å². The number of aryl methyl sites for hydroxylation is 1. The van der Waals surface area contributed by atoms with Crippen LogP contribution in [0.1, 0.15) is 23.3 Å². The third-order valence-electron chi connectivity index (χ3n) is 4.58. The Hall–Kier alpha value is -3.60. The number of para-hydroxylation sites is 2. The predicted molar refractivity (Wildman–Crippen MR) is 112 cm³/mol. The molecular weight excluding hydrogens is 352 g/mol. The second-order valence-electron chi connectivity index (χ2n) is 6.71. The monoisotopic (exact) mass is 372 g/mol. The van der Waals surface area contributed by atoms with E-state index in [4.69, 9.17) is 4.42 Å². The molecule has 0 spiro atoms. The van der Waals surface area contributed by atoms with E-state index in [1.807, 2.05) is 66.7 Å². The number of benzene rings is 2. The maximum Gasteiger partial charge on any atom is 0.348 e. The number of nitrogens with one attached hydrogen (secondary N) is 1. The molecule has 5 nitrogen and oxygen atoms in total. The van der Waals surface area contributed by atoms with Crippen LogP contribution in [0.15, 0.2) is 80.9 Å². The van der Waals surface area contributed by atoms with Crippen LogP contribution in [0.2, 0.25) is 0 Å². The second kappa shape index (κ2) is 7.56. The molecule has 0 saturated carbocycles. The van der Waals surface area contributed by atoms with Crippen LogP contribution >= 0.6 is 0 Å². The highest BCUT2D eigenvalue weighted by molar-refractivity contribution is 6.05. The highest BCUT2D eigenvalue weighted by atomic mass is 16.4. The summed E-state index contributed by atoms with van der Waals surface area (Å²) in [5.41, 5.74) is 2.69. The van der Waals surface area contributed by atoms with Crippen molar-refractivity contribution in [1.29, 1.82) is 0 Å². The van der Waals surface area contributed by atoms with E-state index in [1.54, 1.807) is 6.92 Å². The molecule has 4 rings (SSSR count). The lowest BCUT2D eigenvalue weighted by atomic mass is 10.0. The number of anilines is 1. The minimum atomic E-state index is -0.582. The average molecular weight is 372 g/mol. The molecule has 0 radical (unpaired) electrons. The van der Waals surface area contributed by atoms with Crippen molar-refractivity contribution >= 4 is 23.2 Å². The van der Waals surface area contributed by atoms with Gasteiger partial charge in [-0.2, -0.15) is 0 Å². The lowest BCUT2D eigenvalue weighted by Gasteiger charge is -2.15. The maximum absolute atomic E-state index is 12.4. The van der Waals surface area contributed by atoms with Crippen molar-refractivity contribution in [3.8, 4) is 5.75 Å². The van der Waals surface area contributed by atoms with Crippen molar-refractivity contribution < 1.29 is 9.52 Å². The van der Waals surface area contributed by atoms with E-state index in [9.17, 15) is 9.90 Å². The zero-order valence-corrected chi connectivity index (χ0v) is 15.4. The Kier molecular flexibility index (Phi) is 4.81. The summed E-state index contributed by atoms with van der Waals surface area (Å²) >= 11 is 0. The molecule has 0 fully saturated rings. The van der Waals surface area contributed by atoms with Crippen LogP contribution in [0.4, 0.5) is 11.4 Å². The first kappa shape index (κ1) is 17.8. The summed E-state index contributed by atoms with van der Waals surface area (Å²) in [5.74, 6) is 0.247. The Morgan fingerprint density at radius 1 is 1.14 bits per heavy atom. The Morgan fingerprint density at radius 3 is 2.68 bits per heavy atom. The zero-order valence-electron chi connectivity index (χ0n) is 15.4. The van der Waals surface area contributed by atoms with E-state index >= 15 is 0 Å². The van der Waals surface area contributed by atoms with E-state index in [0.717, 1.165) is 11.3 Å². The summed E-state index contributed by atoms with van der Waals surface area (Å²) in [4.78, 5) is 17.1. The van der Waals surface area contributed by atoms with Crippen molar-refractivity contribution in [3.05, 3.63) is 94.0 Å². The van der Waals surface area contributed by atoms with Crippen molar-refractivity contribution in [2.75, 3.05) is 5.32 Å². The highest BCUT2D eigenvalue weighted by Crippen LogP contribution is 2.31. The van der Waals surface area contributed by atoms with E-state index < -0.39 is 5.63 Å². The van der Waals surface area contributed by atoms with Crippen LogP contribution in [0, 0.1) is 6.92 Å². The predicted octanol–water partition coefficient (Wildman–Crippen LogP) is 4.67. The van der Waals surface area contributed by atoms with Crippen molar-refractivity contribution in [1.82, 2.24) is 0 Å². The minimum Gasteiger partial charge on any atom is -0.507 e. The summed E-state index contributed by atoms with van der Waals surface area (Å²) in [7, 11) is 0. The summed E-state index contributed by atoms with van der Waals surface area (Å²) in [6.45, 7) is 1.63. The van der Waals surface area contributed by atoms with Gasteiger partial charge in [0, 0.05) is 12.5 Å². The number of aliphatic imine (C=N–C) groups is 1. The molecule has 1 atom stereocenters.